The summed E-state index contributed by atoms with van der Waals surface area (Å²) >= 11 is 0. The van der Waals surface area contributed by atoms with Crippen LogP contribution in [0.3, 0.4) is 0 Å². The summed E-state index contributed by atoms with van der Waals surface area (Å²) in [7, 11) is 0. The molecule has 4 heteroatoms. The van der Waals surface area contributed by atoms with Crippen LogP contribution in [0.4, 0.5) is 5.69 Å². The molecule has 0 aliphatic carbocycles. The number of hydrogen-bond donors (Lipinski definition) is 2. The smallest absolute Gasteiger partial charge is 0.328 e. The molecule has 2 rings (SSSR count). The molecular weight excluding hydrogens is 194 g/mol. The third-order valence-electron chi connectivity index (χ3n) is 2.39. The van der Waals surface area contributed by atoms with E-state index >= 15 is 0 Å². The van der Waals surface area contributed by atoms with Crippen LogP contribution in [0.5, 0.6) is 0 Å². The van der Waals surface area contributed by atoms with E-state index in [1.165, 1.54) is 0 Å². The van der Waals surface area contributed by atoms with Crippen LogP contribution in [0.1, 0.15) is 5.56 Å². The molecule has 0 bridgehead atoms. The summed E-state index contributed by atoms with van der Waals surface area (Å²) in [5.74, 6) is -0.305. The molecule has 2 N–H and O–H groups in total. The fourth-order valence-electron chi connectivity index (χ4n) is 1.69. The maximum Gasteiger partial charge on any atom is 0.328 e. The minimum absolute atomic E-state index is 0.0629. The molecule has 0 aromatic heterocycles. The number of esters is 1. The highest BCUT2D eigenvalue weighted by Gasteiger charge is 2.27. The molecule has 0 spiro atoms. The maximum atomic E-state index is 11.5. The molecule has 0 radical (unpaired) electrons. The van der Waals surface area contributed by atoms with E-state index in [0.29, 0.717) is 6.42 Å². The second kappa shape index (κ2) is 4.31. The Bertz CT molecular complexity index is 340. The van der Waals surface area contributed by atoms with Crippen LogP contribution < -0.4 is 5.32 Å². The van der Waals surface area contributed by atoms with E-state index in [4.69, 9.17) is 9.84 Å². The van der Waals surface area contributed by atoms with Gasteiger partial charge in [0.2, 0.25) is 0 Å². The lowest BCUT2D eigenvalue weighted by atomic mass is 10.1. The molecule has 0 amide bonds. The van der Waals surface area contributed by atoms with Crippen LogP contribution in [-0.4, -0.2) is 30.3 Å². The van der Waals surface area contributed by atoms with Crippen molar-refractivity contribution in [1.29, 1.82) is 0 Å². The zero-order valence-corrected chi connectivity index (χ0v) is 8.27. The van der Waals surface area contributed by atoms with E-state index in [1.807, 2.05) is 24.3 Å². The van der Waals surface area contributed by atoms with Crippen molar-refractivity contribution in [2.24, 2.45) is 0 Å². The molecule has 0 saturated carbocycles. The first-order chi connectivity index (χ1) is 7.31. The number of hydrogen-bond acceptors (Lipinski definition) is 4. The monoisotopic (exact) mass is 207 g/mol. The van der Waals surface area contributed by atoms with Crippen molar-refractivity contribution in [2.75, 3.05) is 18.5 Å². The number of para-hydroxylation sites is 1. The Morgan fingerprint density at radius 3 is 3.07 bits per heavy atom. The predicted molar refractivity (Wildman–Crippen MR) is 55.6 cm³/mol. The Morgan fingerprint density at radius 2 is 2.33 bits per heavy atom. The average Bonchev–Trinajstić information content (AvgIpc) is 2.69. The predicted octanol–water partition coefficient (Wildman–Crippen LogP) is 0.559. The molecule has 1 unspecified atom stereocenters. The average molecular weight is 207 g/mol. The fraction of sp³-hybridized carbons (Fsp3) is 0.364. The van der Waals surface area contributed by atoms with E-state index < -0.39 is 0 Å². The topological polar surface area (TPSA) is 58.6 Å². The van der Waals surface area contributed by atoms with Crippen molar-refractivity contribution in [3.63, 3.8) is 0 Å². The number of fused-ring (bicyclic) bond motifs is 1. The number of anilines is 1. The quantitative estimate of drug-likeness (QED) is 0.711. The minimum Gasteiger partial charge on any atom is -0.462 e. The van der Waals surface area contributed by atoms with Gasteiger partial charge in [-0.15, -0.1) is 0 Å². The van der Waals surface area contributed by atoms with E-state index in [-0.39, 0.29) is 25.2 Å². The lowest BCUT2D eigenvalue weighted by Gasteiger charge is -2.09. The van der Waals surface area contributed by atoms with Crippen LogP contribution in [0.2, 0.25) is 0 Å². The first-order valence-corrected chi connectivity index (χ1v) is 4.93. The molecule has 80 valence electrons. The minimum atomic E-state index is -0.311. The number of ether oxygens (including phenoxy) is 1. The Kier molecular flexibility index (Phi) is 2.87. The van der Waals surface area contributed by atoms with Crippen LogP contribution in [-0.2, 0) is 16.0 Å². The van der Waals surface area contributed by atoms with Gasteiger partial charge in [-0.25, -0.2) is 4.79 Å². The highest BCUT2D eigenvalue weighted by Crippen LogP contribution is 2.25. The van der Waals surface area contributed by atoms with Crippen LogP contribution in [0.25, 0.3) is 0 Å². The zero-order chi connectivity index (χ0) is 10.7. The van der Waals surface area contributed by atoms with Crippen molar-refractivity contribution in [1.82, 2.24) is 0 Å². The summed E-state index contributed by atoms with van der Waals surface area (Å²) in [5, 5.41) is 11.6. The second-order valence-electron chi connectivity index (χ2n) is 3.45. The Morgan fingerprint density at radius 1 is 1.53 bits per heavy atom. The summed E-state index contributed by atoms with van der Waals surface area (Å²) in [5.41, 5.74) is 2.12. The van der Waals surface area contributed by atoms with Gasteiger partial charge < -0.3 is 15.2 Å². The first-order valence-electron chi connectivity index (χ1n) is 4.93. The SMILES string of the molecule is O=C(OCCO)C1Cc2ccccc2N1. The number of carbonyl (C=O) groups is 1. The third-order valence-corrected chi connectivity index (χ3v) is 2.39. The Hall–Kier alpha value is -1.55. The van der Waals surface area contributed by atoms with Crippen molar-refractivity contribution >= 4 is 11.7 Å². The fourth-order valence-corrected chi connectivity index (χ4v) is 1.69. The zero-order valence-electron chi connectivity index (χ0n) is 8.27. The maximum absolute atomic E-state index is 11.5. The van der Waals surface area contributed by atoms with Gasteiger partial charge in [-0.1, -0.05) is 18.2 Å². The molecule has 0 saturated heterocycles. The number of benzene rings is 1. The first kappa shape index (κ1) is 9.98. The third kappa shape index (κ3) is 2.10. The molecular formula is C11H13NO3. The molecule has 4 nitrogen and oxygen atoms in total. The molecule has 1 aromatic rings. The summed E-state index contributed by atoms with van der Waals surface area (Å²) in [6, 6.07) is 7.49. The molecule has 1 atom stereocenters. The van der Waals surface area contributed by atoms with E-state index in [0.717, 1.165) is 11.3 Å². The summed E-state index contributed by atoms with van der Waals surface area (Å²) in [6.45, 7) is -0.0707. The van der Waals surface area contributed by atoms with Gasteiger partial charge in [-0.2, -0.15) is 0 Å². The summed E-state index contributed by atoms with van der Waals surface area (Å²) in [6.07, 6.45) is 0.653. The van der Waals surface area contributed by atoms with Crippen molar-refractivity contribution in [3.05, 3.63) is 29.8 Å². The Labute approximate surface area is 87.9 Å². The van der Waals surface area contributed by atoms with Crippen LogP contribution >= 0.6 is 0 Å². The molecule has 1 aliphatic rings. The molecule has 1 aromatic carbocycles. The Balaban J connectivity index is 1.98. The van der Waals surface area contributed by atoms with Crippen molar-refractivity contribution in [2.45, 2.75) is 12.5 Å². The van der Waals surface area contributed by atoms with Gasteiger partial charge in [0.05, 0.1) is 6.61 Å². The molecule has 15 heavy (non-hydrogen) atoms. The van der Waals surface area contributed by atoms with Crippen molar-refractivity contribution in [3.8, 4) is 0 Å². The summed E-state index contributed by atoms with van der Waals surface area (Å²) in [4.78, 5) is 11.5. The van der Waals surface area contributed by atoms with Crippen molar-refractivity contribution < 1.29 is 14.6 Å². The van der Waals surface area contributed by atoms with E-state index in [9.17, 15) is 4.79 Å². The normalized spacial score (nSPS) is 18.1. The molecule has 0 fully saturated rings. The van der Waals surface area contributed by atoms with Gasteiger partial charge in [0.1, 0.15) is 12.6 Å². The number of carbonyl (C=O) groups excluding carboxylic acids is 1. The summed E-state index contributed by atoms with van der Waals surface area (Å²) < 4.78 is 4.85. The largest absolute Gasteiger partial charge is 0.462 e. The van der Waals surface area contributed by atoms with Gasteiger partial charge in [0.25, 0.3) is 0 Å². The highest BCUT2D eigenvalue weighted by molar-refractivity contribution is 5.82. The lowest BCUT2D eigenvalue weighted by molar-refractivity contribution is -0.145. The van der Waals surface area contributed by atoms with Gasteiger partial charge >= 0.3 is 5.97 Å². The number of aliphatic hydroxyl groups excluding tert-OH is 1. The molecule has 1 aliphatic heterocycles. The van der Waals surface area contributed by atoms with Gasteiger partial charge in [-0.3, -0.25) is 0 Å². The van der Waals surface area contributed by atoms with Crippen LogP contribution in [0.15, 0.2) is 24.3 Å². The number of nitrogens with one attached hydrogen (secondary N) is 1. The molecule has 1 heterocycles. The van der Waals surface area contributed by atoms with Gasteiger partial charge in [0.15, 0.2) is 0 Å². The lowest BCUT2D eigenvalue weighted by Crippen LogP contribution is -2.29. The van der Waals surface area contributed by atoms with E-state index in [1.54, 1.807) is 0 Å². The van der Waals surface area contributed by atoms with Gasteiger partial charge in [0, 0.05) is 12.1 Å². The number of aliphatic hydroxyl groups is 1. The van der Waals surface area contributed by atoms with E-state index in [2.05, 4.69) is 5.32 Å². The standard InChI is InChI=1S/C11H13NO3/c13-5-6-15-11(14)10-7-8-3-1-2-4-9(8)12-10/h1-4,10,12-13H,5-7H2. The second-order valence-corrected chi connectivity index (χ2v) is 3.45. The highest BCUT2D eigenvalue weighted by atomic mass is 16.5. The number of rotatable bonds is 3. The van der Waals surface area contributed by atoms with Gasteiger partial charge in [-0.05, 0) is 11.6 Å². The van der Waals surface area contributed by atoms with Crippen LogP contribution in [0, 0.1) is 0 Å².